The van der Waals surface area contributed by atoms with Gasteiger partial charge in [0.15, 0.2) is 0 Å². The van der Waals surface area contributed by atoms with Gasteiger partial charge in [-0.1, -0.05) is 51.8 Å². The number of ketones is 1. The normalized spacial score (nSPS) is 12.2. The second-order valence-electron chi connectivity index (χ2n) is 5.32. The highest BCUT2D eigenvalue weighted by atomic mass is 79.9. The van der Waals surface area contributed by atoms with E-state index >= 15 is 0 Å². The van der Waals surface area contributed by atoms with Gasteiger partial charge in [-0.15, -0.1) is 0 Å². The molecule has 0 radical (unpaired) electrons. The minimum atomic E-state index is -4.95. The number of aromatic amines is 1. The number of aromatic nitrogens is 1. The van der Waals surface area contributed by atoms with Crippen LogP contribution >= 0.6 is 27.5 Å². The highest BCUT2D eigenvalue weighted by Gasteiger charge is 2.41. The maximum absolute atomic E-state index is 13.0. The summed E-state index contributed by atoms with van der Waals surface area (Å²) in [6.45, 7) is 0. The summed E-state index contributed by atoms with van der Waals surface area (Å²) in [5.74, 6) is -1.88. The number of benzene rings is 2. The third-order valence-electron chi connectivity index (χ3n) is 3.59. The Bertz CT molecular complexity index is 974. The lowest BCUT2D eigenvalue weighted by molar-refractivity contribution is -0.0884. The zero-order valence-electron chi connectivity index (χ0n) is 12.5. The monoisotopic (exact) mass is 427 g/mol. The number of Topliss-reactive ketones (excluding diaryl/α,β-unsaturated/α-hetero) is 1. The van der Waals surface area contributed by atoms with Crippen molar-refractivity contribution in [1.29, 1.82) is 0 Å². The SMILES string of the molecule is O=C(c1c(C=Cc2ccc(Cl)cc2)[nH]c2cc(Br)ccc12)C(F)(F)F. The molecule has 1 N–H and O–H groups in total. The molecule has 0 saturated carbocycles. The third kappa shape index (κ3) is 3.80. The van der Waals surface area contributed by atoms with Gasteiger partial charge in [-0.3, -0.25) is 4.79 Å². The average Bonchev–Trinajstić information content (AvgIpc) is 2.89. The van der Waals surface area contributed by atoms with E-state index in [0.717, 1.165) is 5.56 Å². The largest absolute Gasteiger partial charge is 0.454 e. The van der Waals surface area contributed by atoms with Gasteiger partial charge in [0, 0.05) is 20.4 Å². The molecule has 0 saturated heterocycles. The number of nitrogens with one attached hydrogen (secondary N) is 1. The van der Waals surface area contributed by atoms with Gasteiger partial charge in [0.2, 0.25) is 0 Å². The zero-order chi connectivity index (χ0) is 18.2. The van der Waals surface area contributed by atoms with Crippen molar-refractivity contribution in [2.75, 3.05) is 0 Å². The number of hydrogen-bond donors (Lipinski definition) is 1. The number of H-pyrrole nitrogens is 1. The molecule has 0 aliphatic carbocycles. The van der Waals surface area contributed by atoms with E-state index in [-0.39, 0.29) is 16.6 Å². The molecule has 2 aromatic carbocycles. The predicted octanol–water partition coefficient (Wildman–Crippen LogP) is 6.50. The molecule has 0 bridgehead atoms. The first-order chi connectivity index (χ1) is 11.8. The van der Waals surface area contributed by atoms with Crippen LogP contribution in [0.3, 0.4) is 0 Å². The molecule has 0 fully saturated rings. The molecule has 3 aromatic rings. The van der Waals surface area contributed by atoms with E-state index in [9.17, 15) is 18.0 Å². The number of halogens is 5. The Hall–Kier alpha value is -2.05. The summed E-state index contributed by atoms with van der Waals surface area (Å²) in [4.78, 5) is 14.8. The summed E-state index contributed by atoms with van der Waals surface area (Å²) in [6, 6.07) is 11.5. The molecule has 0 aliphatic rings. The summed E-state index contributed by atoms with van der Waals surface area (Å²) in [5.41, 5.74) is 0.901. The summed E-state index contributed by atoms with van der Waals surface area (Å²) < 4.78 is 39.7. The maximum atomic E-state index is 13.0. The smallest absolute Gasteiger partial charge is 0.354 e. The second-order valence-corrected chi connectivity index (χ2v) is 6.67. The highest BCUT2D eigenvalue weighted by Crippen LogP contribution is 2.32. The van der Waals surface area contributed by atoms with Crippen LogP contribution in [-0.2, 0) is 0 Å². The highest BCUT2D eigenvalue weighted by molar-refractivity contribution is 9.10. The molecule has 128 valence electrons. The molecule has 0 aliphatic heterocycles. The maximum Gasteiger partial charge on any atom is 0.454 e. The van der Waals surface area contributed by atoms with Gasteiger partial charge in [-0.05, 0) is 35.9 Å². The topological polar surface area (TPSA) is 32.9 Å². The van der Waals surface area contributed by atoms with Gasteiger partial charge < -0.3 is 4.98 Å². The van der Waals surface area contributed by atoms with E-state index in [1.165, 1.54) is 12.1 Å². The Kier molecular flexibility index (Phi) is 4.75. The summed E-state index contributed by atoms with van der Waals surface area (Å²) >= 11 is 9.08. The zero-order valence-corrected chi connectivity index (χ0v) is 14.8. The molecule has 7 heteroatoms. The van der Waals surface area contributed by atoms with Gasteiger partial charge >= 0.3 is 6.18 Å². The van der Waals surface area contributed by atoms with Crippen molar-refractivity contribution in [3.63, 3.8) is 0 Å². The summed E-state index contributed by atoms with van der Waals surface area (Å²) in [5, 5.41) is 0.779. The molecule has 2 nitrogen and oxygen atoms in total. The van der Waals surface area contributed by atoms with E-state index in [4.69, 9.17) is 11.6 Å². The fourth-order valence-electron chi connectivity index (χ4n) is 2.46. The number of fused-ring (bicyclic) bond motifs is 1. The van der Waals surface area contributed by atoms with Crippen molar-refractivity contribution in [1.82, 2.24) is 4.98 Å². The van der Waals surface area contributed by atoms with Crippen LogP contribution in [0.15, 0.2) is 46.9 Å². The first-order valence-corrected chi connectivity index (χ1v) is 8.29. The van der Waals surface area contributed by atoms with E-state index in [1.54, 1.807) is 42.5 Å². The molecule has 25 heavy (non-hydrogen) atoms. The van der Waals surface area contributed by atoms with Crippen LogP contribution < -0.4 is 0 Å². The molecule has 0 spiro atoms. The van der Waals surface area contributed by atoms with Crippen molar-refractivity contribution in [3.8, 4) is 0 Å². The van der Waals surface area contributed by atoms with Crippen molar-refractivity contribution < 1.29 is 18.0 Å². The Morgan fingerprint density at radius 3 is 2.40 bits per heavy atom. The standard InChI is InChI=1S/C18H10BrClF3NO/c19-11-4-7-13-15(9-11)24-14(16(13)17(25)18(21,22)23)8-3-10-1-5-12(20)6-2-10/h1-9,24H. The number of carbonyl (C=O) groups excluding carboxylic acids is 1. The molecular formula is C18H10BrClF3NO. The predicted molar refractivity (Wildman–Crippen MR) is 96.8 cm³/mol. The van der Waals surface area contributed by atoms with Crippen LogP contribution in [-0.4, -0.2) is 16.9 Å². The number of rotatable bonds is 3. The second kappa shape index (κ2) is 6.69. The summed E-state index contributed by atoms with van der Waals surface area (Å²) in [7, 11) is 0. The Balaban J connectivity index is 2.13. The van der Waals surface area contributed by atoms with Crippen molar-refractivity contribution in [3.05, 3.63) is 68.8 Å². The van der Waals surface area contributed by atoms with Crippen LogP contribution in [0, 0.1) is 0 Å². The minimum absolute atomic E-state index is 0.102. The first kappa shape index (κ1) is 17.8. The fourth-order valence-corrected chi connectivity index (χ4v) is 2.94. The molecule has 0 unspecified atom stereocenters. The summed E-state index contributed by atoms with van der Waals surface area (Å²) in [6.07, 6.45) is -1.88. The molecular weight excluding hydrogens is 419 g/mol. The van der Waals surface area contributed by atoms with Gasteiger partial charge in [-0.2, -0.15) is 13.2 Å². The van der Waals surface area contributed by atoms with Crippen LogP contribution in [0.4, 0.5) is 13.2 Å². The Labute approximate surface area is 154 Å². The van der Waals surface area contributed by atoms with E-state index < -0.39 is 12.0 Å². The van der Waals surface area contributed by atoms with Crippen molar-refractivity contribution in [2.24, 2.45) is 0 Å². The minimum Gasteiger partial charge on any atom is -0.354 e. The van der Waals surface area contributed by atoms with E-state index in [1.807, 2.05) is 0 Å². The number of carbonyl (C=O) groups is 1. The fraction of sp³-hybridized carbons (Fsp3) is 0.0556. The van der Waals surface area contributed by atoms with E-state index in [0.29, 0.717) is 15.0 Å². The van der Waals surface area contributed by atoms with Crippen molar-refractivity contribution >= 4 is 56.4 Å². The number of alkyl halides is 3. The van der Waals surface area contributed by atoms with Crippen LogP contribution in [0.2, 0.25) is 5.02 Å². The van der Waals surface area contributed by atoms with Crippen LogP contribution in [0.25, 0.3) is 23.1 Å². The molecule has 0 amide bonds. The number of hydrogen-bond acceptors (Lipinski definition) is 1. The Morgan fingerprint density at radius 2 is 1.76 bits per heavy atom. The molecule has 1 aromatic heterocycles. The van der Waals surface area contributed by atoms with Gasteiger partial charge in [-0.25, -0.2) is 0 Å². The van der Waals surface area contributed by atoms with Crippen molar-refractivity contribution in [2.45, 2.75) is 6.18 Å². The first-order valence-electron chi connectivity index (χ1n) is 7.12. The third-order valence-corrected chi connectivity index (χ3v) is 4.33. The van der Waals surface area contributed by atoms with Crippen LogP contribution in [0.1, 0.15) is 21.6 Å². The lowest BCUT2D eigenvalue weighted by atomic mass is 10.0. The quantitative estimate of drug-likeness (QED) is 0.475. The van der Waals surface area contributed by atoms with Gasteiger partial charge in [0.1, 0.15) is 0 Å². The Morgan fingerprint density at radius 1 is 1.08 bits per heavy atom. The van der Waals surface area contributed by atoms with Gasteiger partial charge in [0.25, 0.3) is 5.78 Å². The average molecular weight is 429 g/mol. The molecule has 0 atom stereocenters. The molecule has 1 heterocycles. The molecule has 3 rings (SSSR count). The van der Waals surface area contributed by atoms with E-state index in [2.05, 4.69) is 20.9 Å². The van der Waals surface area contributed by atoms with Crippen LogP contribution in [0.5, 0.6) is 0 Å². The lowest BCUT2D eigenvalue weighted by Crippen LogP contribution is -2.23. The lowest BCUT2D eigenvalue weighted by Gasteiger charge is -2.05. The van der Waals surface area contributed by atoms with Gasteiger partial charge in [0.05, 0.1) is 11.3 Å².